The van der Waals surface area contributed by atoms with Crippen molar-refractivity contribution in [2.45, 2.75) is 99.3 Å². The smallest absolute Gasteiger partial charge is 0.550 e. The largest absolute Gasteiger partial charge is 3.00 e. The molecular weight excluding hydrogens is 399 g/mol. The van der Waals surface area contributed by atoms with Crippen LogP contribution in [0.2, 0.25) is 0 Å². The van der Waals surface area contributed by atoms with Crippen LogP contribution < -0.4 is 15.3 Å². The van der Waals surface area contributed by atoms with Crippen molar-refractivity contribution in [1.82, 2.24) is 0 Å². The second-order valence-electron chi connectivity index (χ2n) is 7.09. The summed E-state index contributed by atoms with van der Waals surface area (Å²) in [5.41, 5.74) is 0. The van der Waals surface area contributed by atoms with Gasteiger partial charge in [-0.3, -0.25) is 0 Å². The molecule has 0 fully saturated rings. The van der Waals surface area contributed by atoms with E-state index in [1.54, 1.807) is 20.8 Å². The van der Waals surface area contributed by atoms with Crippen molar-refractivity contribution in [1.29, 1.82) is 0 Å². The third-order valence-electron chi connectivity index (χ3n) is 4.18. The van der Waals surface area contributed by atoms with E-state index < -0.39 is 17.9 Å². The molecule has 0 radical (unpaired) electrons. The zero-order valence-corrected chi connectivity index (χ0v) is 19.9. The van der Waals surface area contributed by atoms with Crippen LogP contribution >= 0.6 is 0 Å². The van der Waals surface area contributed by atoms with Crippen LogP contribution in [0, 0.1) is 17.8 Å². The first kappa shape index (κ1) is 34.5. The van der Waals surface area contributed by atoms with Crippen molar-refractivity contribution in [3.05, 3.63) is 0 Å². The molecule has 0 aliphatic carbocycles. The molecule has 0 saturated carbocycles. The Kier molecular flexibility index (Phi) is 29.6. The Morgan fingerprint density at radius 3 is 0.857 bits per heavy atom. The van der Waals surface area contributed by atoms with E-state index in [1.165, 1.54) is 0 Å². The summed E-state index contributed by atoms with van der Waals surface area (Å²) in [7, 11) is 0. The van der Waals surface area contributed by atoms with Crippen LogP contribution in [0.15, 0.2) is 0 Å². The minimum Gasteiger partial charge on any atom is -0.550 e. The number of aliphatic carboxylic acids is 3. The van der Waals surface area contributed by atoms with Crippen LogP contribution in [0.3, 0.4) is 0 Å². The third-order valence-corrected chi connectivity index (χ3v) is 4.18. The topological polar surface area (TPSA) is 120 Å². The Bertz CT molecular complexity index is 330. The van der Waals surface area contributed by atoms with Crippen LogP contribution in [0.1, 0.15) is 99.3 Å². The maximum atomic E-state index is 10.1. The average molecular weight is 438 g/mol. The van der Waals surface area contributed by atoms with Gasteiger partial charge in [0, 0.05) is 17.9 Å². The van der Waals surface area contributed by atoms with Crippen LogP contribution in [0.25, 0.3) is 0 Å². The minimum atomic E-state index is -0.927. The van der Waals surface area contributed by atoms with Gasteiger partial charge in [0.15, 0.2) is 0 Å². The van der Waals surface area contributed by atoms with Crippen LogP contribution in [0.5, 0.6) is 0 Å². The first-order chi connectivity index (χ1) is 12.5. The standard InChI is InChI=1S/3C7H14O2.V/c3*1-3-4-5-6(2)7(8)9;/h3*6H,3-5H2,1-2H3,(H,8,9);/q;;;+3/p-3. The molecule has 28 heavy (non-hydrogen) atoms. The van der Waals surface area contributed by atoms with Gasteiger partial charge in [-0.25, -0.2) is 0 Å². The monoisotopic (exact) mass is 438 g/mol. The molecule has 0 aromatic heterocycles. The van der Waals surface area contributed by atoms with Gasteiger partial charge in [0.05, 0.1) is 0 Å². The molecule has 0 heterocycles. The van der Waals surface area contributed by atoms with Crippen LogP contribution in [-0.2, 0) is 32.9 Å². The Balaban J connectivity index is -0.000000152. The Morgan fingerprint density at radius 1 is 0.571 bits per heavy atom. The van der Waals surface area contributed by atoms with Crippen LogP contribution in [0.4, 0.5) is 0 Å². The summed E-state index contributed by atoms with van der Waals surface area (Å²) in [4.78, 5) is 30.3. The van der Waals surface area contributed by atoms with E-state index >= 15 is 0 Å². The SMILES string of the molecule is CCCCC(C)C(=O)[O-].CCCCC(C)C(=O)[O-].CCCCC(C)C(=O)[O-].[V+3]. The number of hydrogen-bond acceptors (Lipinski definition) is 6. The van der Waals surface area contributed by atoms with E-state index in [0.29, 0.717) is 0 Å². The summed E-state index contributed by atoms with van der Waals surface area (Å²) in [6.45, 7) is 11.2. The zero-order valence-electron chi connectivity index (χ0n) is 18.5. The normalized spacial score (nSPS) is 12.6. The van der Waals surface area contributed by atoms with Gasteiger partial charge < -0.3 is 29.7 Å². The molecule has 0 spiro atoms. The molecule has 0 bridgehead atoms. The fourth-order valence-corrected chi connectivity index (χ4v) is 1.88. The van der Waals surface area contributed by atoms with Gasteiger partial charge in [-0.15, -0.1) is 0 Å². The second kappa shape index (κ2) is 24.0. The molecule has 164 valence electrons. The summed E-state index contributed by atoms with van der Waals surface area (Å²) in [6, 6.07) is 0. The zero-order chi connectivity index (χ0) is 21.8. The number of carbonyl (C=O) groups excluding carboxylic acids is 3. The Hall–Kier alpha value is -1.01. The van der Waals surface area contributed by atoms with Gasteiger partial charge in [0.2, 0.25) is 0 Å². The average Bonchev–Trinajstić information content (AvgIpc) is 2.62. The summed E-state index contributed by atoms with van der Waals surface area (Å²) in [5, 5.41) is 30.3. The number of carboxylic acids is 3. The number of unbranched alkanes of at least 4 members (excludes halogenated alkanes) is 3. The molecule has 7 heteroatoms. The predicted octanol–water partition coefficient (Wildman–Crippen LogP) is 1.69. The minimum absolute atomic E-state index is 0. The maximum Gasteiger partial charge on any atom is 3.00 e. The van der Waals surface area contributed by atoms with Crippen molar-refractivity contribution in [3.8, 4) is 0 Å². The molecule has 0 aromatic carbocycles. The van der Waals surface area contributed by atoms with Crippen molar-refractivity contribution in [3.63, 3.8) is 0 Å². The first-order valence-electron chi connectivity index (χ1n) is 10.2. The van der Waals surface area contributed by atoms with Gasteiger partial charge in [-0.05, 0) is 37.0 Å². The summed E-state index contributed by atoms with van der Waals surface area (Å²) >= 11 is 0. The maximum absolute atomic E-state index is 10.1. The summed E-state index contributed by atoms with van der Waals surface area (Å²) in [6.07, 6.45) is 8.35. The fourth-order valence-electron chi connectivity index (χ4n) is 1.88. The van der Waals surface area contributed by atoms with E-state index in [2.05, 4.69) is 0 Å². The molecule has 0 N–H and O–H groups in total. The Morgan fingerprint density at radius 2 is 0.750 bits per heavy atom. The summed E-state index contributed by atoms with van der Waals surface area (Å²) < 4.78 is 0. The number of carboxylic acid groups (broad SMARTS) is 3. The van der Waals surface area contributed by atoms with E-state index in [-0.39, 0.29) is 36.3 Å². The van der Waals surface area contributed by atoms with Gasteiger partial charge in [0.25, 0.3) is 0 Å². The number of hydrogen-bond donors (Lipinski definition) is 0. The first-order valence-corrected chi connectivity index (χ1v) is 10.2. The van der Waals surface area contributed by atoms with Gasteiger partial charge in [-0.1, -0.05) is 80.1 Å². The molecule has 3 unspecified atom stereocenters. The van der Waals surface area contributed by atoms with Gasteiger partial charge in [0.1, 0.15) is 0 Å². The number of rotatable bonds is 12. The number of carbonyl (C=O) groups is 3. The molecular formula is C21H39O6V. The molecule has 0 aliphatic heterocycles. The second-order valence-corrected chi connectivity index (χ2v) is 7.09. The van der Waals surface area contributed by atoms with Gasteiger partial charge >= 0.3 is 18.6 Å². The van der Waals surface area contributed by atoms with E-state index in [9.17, 15) is 29.7 Å². The molecule has 6 nitrogen and oxygen atoms in total. The molecule has 0 amide bonds. The van der Waals surface area contributed by atoms with E-state index in [4.69, 9.17) is 0 Å². The summed E-state index contributed by atoms with van der Waals surface area (Å²) in [5.74, 6) is -3.60. The molecule has 3 atom stereocenters. The molecule has 0 rings (SSSR count). The van der Waals surface area contributed by atoms with Crippen LogP contribution in [-0.4, -0.2) is 17.9 Å². The van der Waals surface area contributed by atoms with E-state index in [0.717, 1.165) is 57.8 Å². The molecule has 0 aliphatic rings. The van der Waals surface area contributed by atoms with Gasteiger partial charge in [-0.2, -0.15) is 0 Å². The molecule has 0 aromatic rings. The fraction of sp³-hybridized carbons (Fsp3) is 0.857. The molecule has 0 saturated heterocycles. The van der Waals surface area contributed by atoms with Crippen molar-refractivity contribution < 1.29 is 48.3 Å². The third kappa shape index (κ3) is 27.2. The predicted molar refractivity (Wildman–Crippen MR) is 101 cm³/mol. The van der Waals surface area contributed by atoms with Crippen molar-refractivity contribution in [2.75, 3.05) is 0 Å². The van der Waals surface area contributed by atoms with Crippen molar-refractivity contribution >= 4 is 17.9 Å². The quantitative estimate of drug-likeness (QED) is 0.457. The van der Waals surface area contributed by atoms with Crippen molar-refractivity contribution in [2.24, 2.45) is 17.8 Å². The van der Waals surface area contributed by atoms with E-state index in [1.807, 2.05) is 20.8 Å². The Labute approximate surface area is 183 Å².